The van der Waals surface area contributed by atoms with E-state index in [9.17, 15) is 4.79 Å². The van der Waals surface area contributed by atoms with Gasteiger partial charge < -0.3 is 4.98 Å². The van der Waals surface area contributed by atoms with Gasteiger partial charge in [-0.05, 0) is 31.4 Å². The Bertz CT molecular complexity index is 619. The van der Waals surface area contributed by atoms with Gasteiger partial charge in [-0.3, -0.25) is 9.78 Å². The van der Waals surface area contributed by atoms with Gasteiger partial charge in [0.15, 0.2) is 5.78 Å². The van der Waals surface area contributed by atoms with Gasteiger partial charge in [0.2, 0.25) is 0 Å². The van der Waals surface area contributed by atoms with Crippen molar-refractivity contribution in [3.05, 3.63) is 47.4 Å². The normalized spacial score (nSPS) is 13.9. The molecule has 98 valence electrons. The minimum absolute atomic E-state index is 0. The molecule has 19 heavy (non-hydrogen) atoms. The highest BCUT2D eigenvalue weighted by molar-refractivity contribution is 5.99. The maximum Gasteiger partial charge on any atom is 0.170 e. The molecule has 0 bridgehead atoms. The van der Waals surface area contributed by atoms with Crippen LogP contribution in [0.5, 0.6) is 0 Å². The van der Waals surface area contributed by atoms with Crippen LogP contribution in [-0.2, 0) is 12.8 Å². The molecule has 1 N–H and O–H groups in total. The molecule has 1 aliphatic heterocycles. The second-order valence-corrected chi connectivity index (χ2v) is 4.65. The van der Waals surface area contributed by atoms with Gasteiger partial charge in [-0.2, -0.15) is 0 Å². The lowest BCUT2D eigenvalue weighted by Crippen LogP contribution is -2.06. The van der Waals surface area contributed by atoms with E-state index in [1.165, 1.54) is 0 Å². The Morgan fingerprint density at radius 1 is 1.42 bits per heavy atom. The van der Waals surface area contributed by atoms with Crippen LogP contribution in [0.15, 0.2) is 35.6 Å². The zero-order valence-electron chi connectivity index (χ0n) is 10.6. The number of ketones is 1. The standard InChI is InChI=1S/C15H15N3O.H2/c19-14(9-11-5-1-3-7-16-11)13-10-18-15-12(13)6-2-4-8-17-15;/h1,3,5,7-8,10,18H,2,4,6,9H2;1H. The fraction of sp³-hybridized carbons (Fsp3) is 0.267. The summed E-state index contributed by atoms with van der Waals surface area (Å²) in [5, 5.41) is 0. The van der Waals surface area contributed by atoms with E-state index in [1.54, 1.807) is 12.4 Å². The van der Waals surface area contributed by atoms with Crippen molar-refractivity contribution in [3.8, 4) is 0 Å². The first-order valence-corrected chi connectivity index (χ1v) is 6.50. The van der Waals surface area contributed by atoms with Gasteiger partial charge in [0, 0.05) is 36.9 Å². The number of carbonyl (C=O) groups excluding carboxylic acids is 1. The van der Waals surface area contributed by atoms with Gasteiger partial charge in [0.1, 0.15) is 5.82 Å². The number of fused-ring (bicyclic) bond motifs is 1. The summed E-state index contributed by atoms with van der Waals surface area (Å²) in [5.41, 5.74) is 2.62. The number of nitrogens with one attached hydrogen (secondary N) is 1. The molecule has 0 spiro atoms. The van der Waals surface area contributed by atoms with Crippen molar-refractivity contribution in [1.29, 1.82) is 0 Å². The number of rotatable bonds is 3. The van der Waals surface area contributed by atoms with Crippen molar-refractivity contribution in [1.82, 2.24) is 9.97 Å². The number of aromatic nitrogens is 2. The van der Waals surface area contributed by atoms with Gasteiger partial charge in [0.05, 0.1) is 6.42 Å². The molecule has 0 saturated heterocycles. The maximum absolute atomic E-state index is 12.3. The molecular weight excluding hydrogens is 238 g/mol. The average molecular weight is 255 g/mol. The summed E-state index contributed by atoms with van der Waals surface area (Å²) in [6, 6.07) is 5.63. The minimum Gasteiger partial charge on any atom is -0.346 e. The van der Waals surface area contributed by atoms with Gasteiger partial charge in [-0.1, -0.05) is 6.07 Å². The number of aliphatic imine (C=N–C) groups is 1. The lowest BCUT2D eigenvalue weighted by Gasteiger charge is -2.02. The Morgan fingerprint density at radius 2 is 2.37 bits per heavy atom. The lowest BCUT2D eigenvalue weighted by atomic mass is 10.0. The number of H-pyrrole nitrogens is 1. The molecular formula is C15H17N3O. The second-order valence-electron chi connectivity index (χ2n) is 4.65. The number of nitrogens with zero attached hydrogens (tertiary/aromatic N) is 2. The summed E-state index contributed by atoms with van der Waals surface area (Å²) >= 11 is 0. The van der Waals surface area contributed by atoms with E-state index in [4.69, 9.17) is 0 Å². The third kappa shape index (κ3) is 2.47. The molecule has 2 aromatic heterocycles. The predicted molar refractivity (Wildman–Crippen MR) is 76.3 cm³/mol. The van der Waals surface area contributed by atoms with Gasteiger partial charge in [-0.25, -0.2) is 4.99 Å². The van der Waals surface area contributed by atoms with Crippen molar-refractivity contribution in [3.63, 3.8) is 0 Å². The number of pyridine rings is 1. The van der Waals surface area contributed by atoms with E-state index in [-0.39, 0.29) is 7.21 Å². The number of carbonyl (C=O) groups is 1. The van der Waals surface area contributed by atoms with E-state index < -0.39 is 0 Å². The molecule has 0 radical (unpaired) electrons. The maximum atomic E-state index is 12.3. The lowest BCUT2D eigenvalue weighted by molar-refractivity contribution is 0.0991. The van der Waals surface area contributed by atoms with Crippen LogP contribution >= 0.6 is 0 Å². The number of hydrogen-bond acceptors (Lipinski definition) is 3. The van der Waals surface area contributed by atoms with Crippen molar-refractivity contribution < 1.29 is 6.22 Å². The fourth-order valence-corrected chi connectivity index (χ4v) is 2.35. The molecule has 0 fully saturated rings. The Kier molecular flexibility index (Phi) is 3.23. The van der Waals surface area contributed by atoms with Crippen molar-refractivity contribution in [2.45, 2.75) is 25.7 Å². The van der Waals surface area contributed by atoms with E-state index >= 15 is 0 Å². The monoisotopic (exact) mass is 255 g/mol. The number of Topliss-reactive ketones (excluding diaryl/α,β-unsaturated/α-hetero) is 1. The van der Waals surface area contributed by atoms with Crippen LogP contribution in [0, 0.1) is 0 Å². The molecule has 0 amide bonds. The highest BCUT2D eigenvalue weighted by Gasteiger charge is 2.18. The first-order chi connectivity index (χ1) is 9.34. The molecule has 0 unspecified atom stereocenters. The molecule has 1 aliphatic rings. The summed E-state index contributed by atoms with van der Waals surface area (Å²) in [6.45, 7) is 0. The summed E-state index contributed by atoms with van der Waals surface area (Å²) < 4.78 is 0. The molecule has 3 rings (SSSR count). The predicted octanol–water partition coefficient (Wildman–Crippen LogP) is 3.12. The topological polar surface area (TPSA) is 58.1 Å². The zero-order valence-corrected chi connectivity index (χ0v) is 10.6. The second kappa shape index (κ2) is 5.18. The summed E-state index contributed by atoms with van der Waals surface area (Å²) in [6.07, 6.45) is 8.66. The molecule has 3 heterocycles. The number of hydrogen-bond donors (Lipinski definition) is 1. The van der Waals surface area contributed by atoms with Crippen LogP contribution in [0.25, 0.3) is 0 Å². The zero-order chi connectivity index (χ0) is 13.1. The van der Waals surface area contributed by atoms with E-state index in [2.05, 4.69) is 15.0 Å². The summed E-state index contributed by atoms with van der Waals surface area (Å²) in [7, 11) is 0. The summed E-state index contributed by atoms with van der Waals surface area (Å²) in [5.74, 6) is 0.940. The first kappa shape index (κ1) is 11.8. The minimum atomic E-state index is 0. The molecule has 4 nitrogen and oxygen atoms in total. The van der Waals surface area contributed by atoms with Crippen LogP contribution in [0.4, 0.5) is 5.82 Å². The molecule has 0 saturated carbocycles. The largest absolute Gasteiger partial charge is 0.346 e. The average Bonchev–Trinajstić information content (AvgIpc) is 2.69. The van der Waals surface area contributed by atoms with Crippen LogP contribution in [0.3, 0.4) is 0 Å². The van der Waals surface area contributed by atoms with Gasteiger partial charge in [-0.15, -0.1) is 0 Å². The molecule has 0 atom stereocenters. The van der Waals surface area contributed by atoms with Crippen LogP contribution in [0.1, 0.15) is 35.9 Å². The Morgan fingerprint density at radius 3 is 3.21 bits per heavy atom. The van der Waals surface area contributed by atoms with Crippen LogP contribution in [0.2, 0.25) is 0 Å². The molecule has 0 aromatic carbocycles. The fourth-order valence-electron chi connectivity index (χ4n) is 2.35. The Balaban J connectivity index is 0.00000147. The van der Waals surface area contributed by atoms with E-state index in [0.29, 0.717) is 6.42 Å². The number of aromatic amines is 1. The SMILES string of the molecule is O=C(Cc1ccccn1)c1c[nH]c2c1CCCC=N2.[HH]. The van der Waals surface area contributed by atoms with Crippen molar-refractivity contribution in [2.24, 2.45) is 4.99 Å². The quantitative estimate of drug-likeness (QED) is 0.857. The Hall–Kier alpha value is -2.23. The Labute approximate surface area is 113 Å². The van der Waals surface area contributed by atoms with E-state index in [0.717, 1.165) is 41.9 Å². The van der Waals surface area contributed by atoms with E-state index in [1.807, 2.05) is 24.4 Å². The highest BCUT2D eigenvalue weighted by atomic mass is 16.1. The molecule has 0 aliphatic carbocycles. The van der Waals surface area contributed by atoms with Crippen molar-refractivity contribution in [2.75, 3.05) is 0 Å². The van der Waals surface area contributed by atoms with Crippen molar-refractivity contribution >= 4 is 17.8 Å². The smallest absolute Gasteiger partial charge is 0.170 e. The van der Waals surface area contributed by atoms with Gasteiger partial charge in [0.25, 0.3) is 0 Å². The van der Waals surface area contributed by atoms with Crippen LogP contribution in [-0.4, -0.2) is 22.0 Å². The summed E-state index contributed by atoms with van der Waals surface area (Å²) in [4.78, 5) is 24.0. The van der Waals surface area contributed by atoms with Gasteiger partial charge >= 0.3 is 0 Å². The first-order valence-electron chi connectivity index (χ1n) is 6.50. The third-order valence-corrected chi connectivity index (χ3v) is 3.31. The third-order valence-electron chi connectivity index (χ3n) is 3.31. The highest BCUT2D eigenvalue weighted by Crippen LogP contribution is 2.26. The molecule has 2 aromatic rings. The molecule has 4 heteroatoms. The van der Waals surface area contributed by atoms with Crippen LogP contribution < -0.4 is 0 Å².